The summed E-state index contributed by atoms with van der Waals surface area (Å²) in [6.45, 7) is 8.41. The molecule has 4 aromatic rings. The van der Waals surface area contributed by atoms with Crippen molar-refractivity contribution in [2.45, 2.75) is 38.3 Å². The van der Waals surface area contributed by atoms with E-state index in [2.05, 4.69) is 65.8 Å². The Labute approximate surface area is 222 Å². The van der Waals surface area contributed by atoms with E-state index >= 15 is 0 Å². The number of aromatic nitrogens is 3. The number of thioether (sulfide) groups is 1. The molecule has 0 saturated heterocycles. The van der Waals surface area contributed by atoms with Gasteiger partial charge in [0.1, 0.15) is 5.75 Å². The van der Waals surface area contributed by atoms with Crippen molar-refractivity contribution in [3.8, 4) is 22.8 Å². The first kappa shape index (κ1) is 26.2. The van der Waals surface area contributed by atoms with Gasteiger partial charge in [-0.05, 0) is 42.2 Å². The number of para-hydroxylation sites is 1. The number of amides is 1. The number of hydrogen-bond acceptors (Lipinski definition) is 6. The molecule has 0 fully saturated rings. The van der Waals surface area contributed by atoms with Gasteiger partial charge in [0, 0.05) is 16.8 Å². The van der Waals surface area contributed by atoms with Crippen LogP contribution in [0, 0.1) is 0 Å². The fourth-order valence-corrected chi connectivity index (χ4v) is 4.45. The maximum atomic E-state index is 12.6. The number of methoxy groups -OCH3 is 1. The Bertz CT molecular complexity index is 1390. The van der Waals surface area contributed by atoms with Crippen LogP contribution in [0.3, 0.4) is 0 Å². The summed E-state index contributed by atoms with van der Waals surface area (Å²) < 4.78 is 7.24. The normalized spacial score (nSPS) is 11.9. The van der Waals surface area contributed by atoms with Gasteiger partial charge in [0.05, 0.1) is 18.6 Å². The Morgan fingerprint density at radius 1 is 1.00 bits per heavy atom. The third-order valence-corrected chi connectivity index (χ3v) is 6.75. The third kappa shape index (κ3) is 6.46. The zero-order valence-corrected chi connectivity index (χ0v) is 22.5. The molecule has 37 heavy (non-hydrogen) atoms. The largest absolute Gasteiger partial charge is 0.497 e. The molecule has 7 nitrogen and oxygen atoms in total. The topological polar surface area (TPSA) is 81.4 Å². The Balaban J connectivity index is 1.52. The lowest BCUT2D eigenvalue weighted by Gasteiger charge is -2.19. The molecule has 1 aromatic heterocycles. The molecule has 1 N–H and O–H groups in total. The van der Waals surface area contributed by atoms with Crippen LogP contribution in [0.4, 0.5) is 0 Å². The van der Waals surface area contributed by atoms with E-state index in [1.54, 1.807) is 7.11 Å². The third-order valence-electron chi connectivity index (χ3n) is 5.83. The first-order valence-electron chi connectivity index (χ1n) is 12.0. The summed E-state index contributed by atoms with van der Waals surface area (Å²) in [5.41, 5.74) is 7.39. The number of carbonyl (C=O) groups excluding carboxylic acids is 1. The molecule has 8 heteroatoms. The van der Waals surface area contributed by atoms with E-state index in [0.29, 0.717) is 10.9 Å². The molecular weight excluding hydrogens is 482 g/mol. The van der Waals surface area contributed by atoms with E-state index in [9.17, 15) is 4.79 Å². The van der Waals surface area contributed by atoms with Crippen molar-refractivity contribution in [1.82, 2.24) is 20.2 Å². The Morgan fingerprint density at radius 2 is 1.73 bits per heavy atom. The number of hydrazone groups is 1. The minimum atomic E-state index is -0.231. The van der Waals surface area contributed by atoms with Crippen molar-refractivity contribution in [1.29, 1.82) is 0 Å². The van der Waals surface area contributed by atoms with Gasteiger partial charge in [-0.15, -0.1) is 10.2 Å². The highest BCUT2D eigenvalue weighted by Gasteiger charge is 2.19. The van der Waals surface area contributed by atoms with E-state index in [1.807, 2.05) is 66.1 Å². The van der Waals surface area contributed by atoms with Crippen molar-refractivity contribution < 1.29 is 9.53 Å². The maximum absolute atomic E-state index is 12.6. The molecule has 4 rings (SSSR count). The fraction of sp³-hybridized carbons (Fsp3) is 0.241. The van der Waals surface area contributed by atoms with Crippen LogP contribution in [0.15, 0.2) is 89.1 Å². The van der Waals surface area contributed by atoms with Crippen LogP contribution in [-0.2, 0) is 10.2 Å². The predicted molar refractivity (Wildman–Crippen MR) is 150 cm³/mol. The Morgan fingerprint density at radius 3 is 2.41 bits per heavy atom. The van der Waals surface area contributed by atoms with Crippen LogP contribution in [0.25, 0.3) is 17.1 Å². The van der Waals surface area contributed by atoms with Crippen LogP contribution in [-0.4, -0.2) is 39.2 Å². The highest BCUT2D eigenvalue weighted by atomic mass is 32.2. The molecule has 1 amide bonds. The standard InChI is InChI=1S/C29H31N5O2S/c1-20(22-10-9-13-25(18-22)36-5)30-31-26(35)19-37-28-33-32-27(34(28)24-11-7-6-8-12-24)21-14-16-23(17-15-21)29(2,3)4/h6-18H,19H2,1-5H3,(H,31,35)/b30-20-. The molecule has 0 aliphatic rings. The molecule has 0 aliphatic carbocycles. The second-order valence-electron chi connectivity index (χ2n) is 9.56. The van der Waals surface area contributed by atoms with Crippen LogP contribution >= 0.6 is 11.8 Å². The number of nitrogens with one attached hydrogen (secondary N) is 1. The molecule has 1 heterocycles. The molecule has 3 aromatic carbocycles. The van der Waals surface area contributed by atoms with Crippen LogP contribution in [0.1, 0.15) is 38.8 Å². The van der Waals surface area contributed by atoms with Gasteiger partial charge in [0.25, 0.3) is 5.91 Å². The zero-order chi connectivity index (χ0) is 26.4. The van der Waals surface area contributed by atoms with Crippen molar-refractivity contribution in [3.05, 3.63) is 90.0 Å². The average molecular weight is 514 g/mol. The summed E-state index contributed by atoms with van der Waals surface area (Å²) in [6.07, 6.45) is 0. The Kier molecular flexibility index (Phi) is 8.08. The lowest BCUT2D eigenvalue weighted by molar-refractivity contribution is -0.118. The number of rotatable bonds is 8. The minimum absolute atomic E-state index is 0.0629. The summed E-state index contributed by atoms with van der Waals surface area (Å²) in [7, 11) is 1.62. The van der Waals surface area contributed by atoms with Gasteiger partial charge in [-0.1, -0.05) is 87.1 Å². The molecule has 0 atom stereocenters. The molecule has 0 unspecified atom stereocenters. The zero-order valence-electron chi connectivity index (χ0n) is 21.7. The van der Waals surface area contributed by atoms with E-state index in [-0.39, 0.29) is 17.1 Å². The second kappa shape index (κ2) is 11.4. The molecule has 0 bridgehead atoms. The number of ether oxygens (including phenoxy) is 1. The summed E-state index contributed by atoms with van der Waals surface area (Å²) >= 11 is 1.31. The van der Waals surface area contributed by atoms with Gasteiger partial charge in [0.15, 0.2) is 11.0 Å². The van der Waals surface area contributed by atoms with E-state index in [0.717, 1.165) is 28.4 Å². The summed E-state index contributed by atoms with van der Waals surface area (Å²) in [5, 5.41) is 13.8. The summed E-state index contributed by atoms with van der Waals surface area (Å²) in [4.78, 5) is 12.6. The maximum Gasteiger partial charge on any atom is 0.250 e. The SMILES string of the molecule is COc1cccc(/C(C)=N\NC(=O)CSc2nnc(-c3ccc(C(C)(C)C)cc3)n2-c2ccccc2)c1. The lowest BCUT2D eigenvalue weighted by Crippen LogP contribution is -2.21. The lowest BCUT2D eigenvalue weighted by atomic mass is 9.87. The molecule has 0 saturated carbocycles. The number of nitrogens with zero attached hydrogens (tertiary/aromatic N) is 4. The van der Waals surface area contributed by atoms with Crippen LogP contribution in [0.5, 0.6) is 5.75 Å². The first-order chi connectivity index (χ1) is 17.8. The molecule has 190 valence electrons. The highest BCUT2D eigenvalue weighted by molar-refractivity contribution is 7.99. The van der Waals surface area contributed by atoms with Gasteiger partial charge >= 0.3 is 0 Å². The van der Waals surface area contributed by atoms with Gasteiger partial charge in [-0.2, -0.15) is 5.10 Å². The summed E-state index contributed by atoms with van der Waals surface area (Å²) in [6, 6.07) is 25.8. The predicted octanol–water partition coefficient (Wildman–Crippen LogP) is 5.87. The molecular formula is C29H31N5O2S. The van der Waals surface area contributed by atoms with E-state index in [1.165, 1.54) is 17.3 Å². The van der Waals surface area contributed by atoms with E-state index in [4.69, 9.17) is 4.74 Å². The summed E-state index contributed by atoms with van der Waals surface area (Å²) in [5.74, 6) is 1.37. The quantitative estimate of drug-likeness (QED) is 0.181. The smallest absolute Gasteiger partial charge is 0.250 e. The van der Waals surface area contributed by atoms with Crippen molar-refractivity contribution in [2.24, 2.45) is 5.10 Å². The average Bonchev–Trinajstić information content (AvgIpc) is 3.34. The van der Waals surface area contributed by atoms with E-state index < -0.39 is 0 Å². The van der Waals surface area contributed by atoms with Crippen LogP contribution in [0.2, 0.25) is 0 Å². The van der Waals surface area contributed by atoms with Crippen LogP contribution < -0.4 is 10.2 Å². The second-order valence-corrected chi connectivity index (χ2v) is 10.5. The molecule has 0 spiro atoms. The minimum Gasteiger partial charge on any atom is -0.497 e. The van der Waals surface area contributed by atoms with Gasteiger partial charge < -0.3 is 4.74 Å². The van der Waals surface area contributed by atoms with Gasteiger partial charge in [-0.25, -0.2) is 5.43 Å². The Hall–Kier alpha value is -3.91. The highest BCUT2D eigenvalue weighted by Crippen LogP contribution is 2.30. The van der Waals surface area contributed by atoms with Crippen molar-refractivity contribution in [3.63, 3.8) is 0 Å². The fourth-order valence-electron chi connectivity index (χ4n) is 3.70. The number of benzene rings is 3. The molecule has 0 radical (unpaired) electrons. The van der Waals surface area contributed by atoms with Crippen molar-refractivity contribution in [2.75, 3.05) is 12.9 Å². The van der Waals surface area contributed by atoms with Gasteiger partial charge in [-0.3, -0.25) is 9.36 Å². The number of hydrogen-bond donors (Lipinski definition) is 1. The van der Waals surface area contributed by atoms with Crippen molar-refractivity contribution >= 4 is 23.4 Å². The number of carbonyl (C=O) groups is 1. The monoisotopic (exact) mass is 513 g/mol. The van der Waals surface area contributed by atoms with Gasteiger partial charge in [0.2, 0.25) is 0 Å². The first-order valence-corrected chi connectivity index (χ1v) is 13.0. The molecule has 0 aliphatic heterocycles.